The number of ether oxygens (including phenoxy) is 2. The molecule has 2 fully saturated rings. The normalized spacial score (nSPS) is 26.2. The quantitative estimate of drug-likeness (QED) is 0.812. The molecule has 23 heavy (non-hydrogen) atoms. The van der Waals surface area contributed by atoms with Crippen molar-refractivity contribution in [1.29, 1.82) is 0 Å². The molecule has 7 nitrogen and oxygen atoms in total. The minimum absolute atomic E-state index is 0.0269. The minimum Gasteiger partial charge on any atom is -0.468 e. The maximum Gasteiger partial charge on any atom is 0.316 e. The highest BCUT2D eigenvalue weighted by molar-refractivity contribution is 5.98. The molecule has 2 aliphatic heterocycles. The molecule has 7 heteroatoms. The van der Waals surface area contributed by atoms with Crippen LogP contribution in [0.2, 0.25) is 0 Å². The predicted molar refractivity (Wildman–Crippen MR) is 83.2 cm³/mol. The van der Waals surface area contributed by atoms with E-state index >= 15 is 0 Å². The van der Waals surface area contributed by atoms with Crippen molar-refractivity contribution in [1.82, 2.24) is 4.98 Å². The lowest BCUT2D eigenvalue weighted by molar-refractivity contribution is -0.152. The molecule has 1 aromatic rings. The molecule has 124 valence electrons. The van der Waals surface area contributed by atoms with E-state index in [9.17, 15) is 9.59 Å². The van der Waals surface area contributed by atoms with Gasteiger partial charge in [0.05, 0.1) is 25.9 Å². The maximum absolute atomic E-state index is 12.3. The number of fused-ring (bicyclic) bond motifs is 1. The molecule has 0 bridgehead atoms. The monoisotopic (exact) mass is 319 g/mol. The molecule has 2 aliphatic rings. The first-order valence-corrected chi connectivity index (χ1v) is 7.58. The van der Waals surface area contributed by atoms with Crippen LogP contribution in [0.4, 0.5) is 5.82 Å². The number of rotatable bonds is 3. The Morgan fingerprint density at radius 1 is 1.48 bits per heavy atom. The maximum atomic E-state index is 12.3. The lowest BCUT2D eigenvalue weighted by Gasteiger charge is -2.25. The number of amides is 1. The van der Waals surface area contributed by atoms with E-state index in [1.165, 1.54) is 7.11 Å². The number of carbonyl (C=O) groups excluding carboxylic acids is 2. The highest BCUT2D eigenvalue weighted by atomic mass is 16.5. The highest BCUT2D eigenvalue weighted by Gasteiger charge is 2.57. The van der Waals surface area contributed by atoms with Gasteiger partial charge in [-0.1, -0.05) is 0 Å². The van der Waals surface area contributed by atoms with Crippen LogP contribution in [0.1, 0.15) is 21.6 Å². The average molecular weight is 319 g/mol. The van der Waals surface area contributed by atoms with Gasteiger partial charge in [-0.25, -0.2) is 4.98 Å². The van der Waals surface area contributed by atoms with Gasteiger partial charge in [-0.05, 0) is 25.5 Å². The van der Waals surface area contributed by atoms with Gasteiger partial charge in [-0.2, -0.15) is 0 Å². The second kappa shape index (κ2) is 5.49. The number of anilines is 1. The summed E-state index contributed by atoms with van der Waals surface area (Å²) in [5.74, 6) is -0.222. The average Bonchev–Trinajstić information content (AvgIpc) is 3.06. The molecule has 0 aliphatic carbocycles. The Morgan fingerprint density at radius 2 is 2.22 bits per heavy atom. The molecule has 0 aromatic carbocycles. The van der Waals surface area contributed by atoms with E-state index in [1.54, 1.807) is 6.07 Å². The third-order valence-corrected chi connectivity index (χ3v) is 4.98. The van der Waals surface area contributed by atoms with Gasteiger partial charge in [0.1, 0.15) is 11.2 Å². The molecular formula is C16H21N3O4. The summed E-state index contributed by atoms with van der Waals surface area (Å²) >= 11 is 0. The Bertz CT molecular complexity index is 676. The Labute approximate surface area is 134 Å². The van der Waals surface area contributed by atoms with E-state index < -0.39 is 11.3 Å². The van der Waals surface area contributed by atoms with Crippen molar-refractivity contribution in [2.45, 2.75) is 13.8 Å². The number of primary amides is 1. The van der Waals surface area contributed by atoms with Gasteiger partial charge in [0.15, 0.2) is 0 Å². The van der Waals surface area contributed by atoms with Crippen molar-refractivity contribution in [3.05, 3.63) is 22.9 Å². The lowest BCUT2D eigenvalue weighted by Crippen LogP contribution is -2.40. The molecule has 2 N–H and O–H groups in total. The molecule has 0 radical (unpaired) electrons. The summed E-state index contributed by atoms with van der Waals surface area (Å²) in [6, 6.07) is 1.76. The summed E-state index contributed by atoms with van der Waals surface area (Å²) in [4.78, 5) is 30.6. The van der Waals surface area contributed by atoms with Crippen LogP contribution in [0.5, 0.6) is 0 Å². The van der Waals surface area contributed by atoms with Crippen LogP contribution < -0.4 is 10.6 Å². The molecule has 2 saturated heterocycles. The van der Waals surface area contributed by atoms with Gasteiger partial charge in [-0.3, -0.25) is 9.59 Å². The fraction of sp³-hybridized carbons (Fsp3) is 0.562. The first kappa shape index (κ1) is 15.7. The molecule has 0 unspecified atom stereocenters. The van der Waals surface area contributed by atoms with Crippen LogP contribution in [-0.4, -0.2) is 50.3 Å². The van der Waals surface area contributed by atoms with E-state index in [0.717, 1.165) is 11.3 Å². The summed E-state index contributed by atoms with van der Waals surface area (Å²) in [5, 5.41) is 0. The Kier molecular flexibility index (Phi) is 3.75. The number of aryl methyl sites for hydroxylation is 2. The first-order chi connectivity index (χ1) is 10.9. The largest absolute Gasteiger partial charge is 0.468 e. The second-order valence-electron chi connectivity index (χ2n) is 6.37. The van der Waals surface area contributed by atoms with Crippen LogP contribution in [0, 0.1) is 25.2 Å². The second-order valence-corrected chi connectivity index (χ2v) is 6.37. The van der Waals surface area contributed by atoms with Crippen molar-refractivity contribution in [3.8, 4) is 0 Å². The summed E-state index contributed by atoms with van der Waals surface area (Å²) < 4.78 is 10.5. The van der Waals surface area contributed by atoms with Crippen LogP contribution >= 0.6 is 0 Å². The summed E-state index contributed by atoms with van der Waals surface area (Å²) in [5.41, 5.74) is 6.96. The van der Waals surface area contributed by atoms with Gasteiger partial charge < -0.3 is 20.1 Å². The number of hydrogen-bond acceptors (Lipinski definition) is 6. The fourth-order valence-electron chi connectivity index (χ4n) is 3.50. The molecule has 1 aromatic heterocycles. The SMILES string of the molecule is COC(=O)[C@@]12COC[C@@H]1CN(c1nc(C)c(C)cc1C(N)=O)C2. The van der Waals surface area contributed by atoms with Gasteiger partial charge in [0.25, 0.3) is 5.91 Å². The smallest absolute Gasteiger partial charge is 0.316 e. The minimum atomic E-state index is -0.690. The highest BCUT2D eigenvalue weighted by Crippen LogP contribution is 2.44. The van der Waals surface area contributed by atoms with Crippen molar-refractivity contribution in [2.24, 2.45) is 17.1 Å². The number of pyridine rings is 1. The van der Waals surface area contributed by atoms with Crippen molar-refractivity contribution >= 4 is 17.7 Å². The van der Waals surface area contributed by atoms with E-state index in [0.29, 0.717) is 37.7 Å². The molecule has 0 saturated carbocycles. The number of methoxy groups -OCH3 is 1. The number of hydrogen-bond donors (Lipinski definition) is 1. The van der Waals surface area contributed by atoms with Crippen molar-refractivity contribution in [2.75, 3.05) is 38.3 Å². The van der Waals surface area contributed by atoms with Crippen LogP contribution in [0.3, 0.4) is 0 Å². The van der Waals surface area contributed by atoms with E-state index in [2.05, 4.69) is 4.98 Å². The van der Waals surface area contributed by atoms with Crippen molar-refractivity contribution < 1.29 is 19.1 Å². The number of aromatic nitrogens is 1. The van der Waals surface area contributed by atoms with E-state index in [4.69, 9.17) is 15.2 Å². The molecule has 0 spiro atoms. The lowest BCUT2D eigenvalue weighted by atomic mass is 9.81. The van der Waals surface area contributed by atoms with Crippen LogP contribution in [-0.2, 0) is 14.3 Å². The zero-order valence-electron chi connectivity index (χ0n) is 13.6. The van der Waals surface area contributed by atoms with E-state index in [-0.39, 0.29) is 11.9 Å². The fourth-order valence-corrected chi connectivity index (χ4v) is 3.50. The zero-order chi connectivity index (χ0) is 16.8. The number of nitrogens with zero attached hydrogens (tertiary/aromatic N) is 2. The van der Waals surface area contributed by atoms with Gasteiger partial charge >= 0.3 is 5.97 Å². The topological polar surface area (TPSA) is 94.8 Å². The summed E-state index contributed by atoms with van der Waals surface area (Å²) in [6.45, 7) is 5.62. The standard InChI is InChI=1S/C16H21N3O4/c1-9-4-12(13(17)20)14(18-10(9)2)19-5-11-6-23-8-16(11,7-19)15(21)22-3/h4,11H,5-8H2,1-3H3,(H2,17,20)/t11-,16-/m0/s1. The molecule has 3 rings (SSSR count). The number of esters is 1. The van der Waals surface area contributed by atoms with E-state index in [1.807, 2.05) is 18.7 Å². The third-order valence-electron chi connectivity index (χ3n) is 4.98. The zero-order valence-corrected chi connectivity index (χ0v) is 13.6. The van der Waals surface area contributed by atoms with Crippen molar-refractivity contribution in [3.63, 3.8) is 0 Å². The molecule has 2 atom stereocenters. The van der Waals surface area contributed by atoms with Gasteiger partial charge in [-0.15, -0.1) is 0 Å². The third kappa shape index (κ3) is 2.35. The van der Waals surface area contributed by atoms with Gasteiger partial charge in [0, 0.05) is 24.7 Å². The summed E-state index contributed by atoms with van der Waals surface area (Å²) in [6.07, 6.45) is 0. The number of nitrogens with two attached hydrogens (primary N) is 1. The first-order valence-electron chi connectivity index (χ1n) is 7.58. The molecule has 3 heterocycles. The van der Waals surface area contributed by atoms with Crippen LogP contribution in [0.15, 0.2) is 6.07 Å². The number of carbonyl (C=O) groups is 2. The Morgan fingerprint density at radius 3 is 2.87 bits per heavy atom. The predicted octanol–water partition coefficient (Wildman–Crippen LogP) is 0.423. The summed E-state index contributed by atoms with van der Waals surface area (Å²) in [7, 11) is 1.39. The molecule has 1 amide bonds. The van der Waals surface area contributed by atoms with Crippen LogP contribution in [0.25, 0.3) is 0 Å². The van der Waals surface area contributed by atoms with Gasteiger partial charge in [0.2, 0.25) is 0 Å². The Hall–Kier alpha value is -2.15. The molecular weight excluding hydrogens is 298 g/mol. The Balaban J connectivity index is 2.00.